The molecule has 0 spiro atoms. The summed E-state index contributed by atoms with van der Waals surface area (Å²) in [5.74, 6) is -0.00500. The molecule has 112 valence electrons. The summed E-state index contributed by atoms with van der Waals surface area (Å²) in [6.45, 7) is 3.14. The summed E-state index contributed by atoms with van der Waals surface area (Å²) in [5.41, 5.74) is -0.365. The minimum Gasteiger partial charge on any atom is -0.492 e. The van der Waals surface area contributed by atoms with Crippen LogP contribution in [0.15, 0.2) is 23.1 Å². The minimum absolute atomic E-state index is 0.00500. The lowest BCUT2D eigenvalue weighted by Crippen LogP contribution is -2.15. The van der Waals surface area contributed by atoms with Crippen molar-refractivity contribution < 1.29 is 22.8 Å². The Labute approximate surface area is 116 Å². The van der Waals surface area contributed by atoms with Gasteiger partial charge in [0.2, 0.25) is 10.0 Å². The molecule has 0 aliphatic heterocycles. The Balaban J connectivity index is 2.87. The number of benzene rings is 1. The van der Waals surface area contributed by atoms with Crippen LogP contribution in [0, 0.1) is 10.1 Å². The highest BCUT2D eigenvalue weighted by atomic mass is 32.2. The third kappa shape index (κ3) is 4.76. The highest BCUT2D eigenvalue weighted by Crippen LogP contribution is 2.27. The van der Waals surface area contributed by atoms with Crippen LogP contribution in [0.4, 0.5) is 5.69 Å². The number of nitro groups is 1. The zero-order valence-electron chi connectivity index (χ0n) is 10.9. The van der Waals surface area contributed by atoms with Crippen LogP contribution in [0.1, 0.15) is 13.3 Å². The molecule has 9 heteroatoms. The van der Waals surface area contributed by atoms with Gasteiger partial charge in [0.15, 0.2) is 0 Å². The summed E-state index contributed by atoms with van der Waals surface area (Å²) in [6.07, 6.45) is 0.564. The van der Waals surface area contributed by atoms with Crippen molar-refractivity contribution in [3.05, 3.63) is 28.3 Å². The fraction of sp³-hybridized carbons (Fsp3) is 0.455. The van der Waals surface area contributed by atoms with E-state index in [-0.39, 0.29) is 18.0 Å². The first-order valence-corrected chi connectivity index (χ1v) is 7.42. The molecule has 2 N–H and O–H groups in total. The van der Waals surface area contributed by atoms with Crippen LogP contribution in [0.25, 0.3) is 0 Å². The maximum Gasteiger partial charge on any atom is 0.271 e. The van der Waals surface area contributed by atoms with Gasteiger partial charge in [0.05, 0.1) is 11.5 Å². The van der Waals surface area contributed by atoms with Gasteiger partial charge < -0.3 is 9.47 Å². The maximum absolute atomic E-state index is 11.4. The summed E-state index contributed by atoms with van der Waals surface area (Å²) in [7, 11) is -4.10. The number of rotatable bonds is 8. The first-order valence-electron chi connectivity index (χ1n) is 5.88. The minimum atomic E-state index is -4.10. The van der Waals surface area contributed by atoms with Gasteiger partial charge in [-0.3, -0.25) is 10.1 Å². The van der Waals surface area contributed by atoms with Crippen LogP contribution >= 0.6 is 0 Å². The molecule has 0 aliphatic carbocycles. The van der Waals surface area contributed by atoms with Crippen molar-refractivity contribution in [2.75, 3.05) is 19.8 Å². The van der Waals surface area contributed by atoms with Crippen molar-refractivity contribution in [3.63, 3.8) is 0 Å². The first kappa shape index (κ1) is 16.3. The molecule has 0 aromatic heterocycles. The summed E-state index contributed by atoms with van der Waals surface area (Å²) >= 11 is 0. The van der Waals surface area contributed by atoms with Crippen LogP contribution in [0.5, 0.6) is 5.75 Å². The molecule has 0 fully saturated rings. The highest BCUT2D eigenvalue weighted by molar-refractivity contribution is 7.89. The van der Waals surface area contributed by atoms with Gasteiger partial charge in [0.1, 0.15) is 10.6 Å². The van der Waals surface area contributed by atoms with Gasteiger partial charge in [-0.15, -0.1) is 0 Å². The number of nitrogens with zero attached hydrogens (tertiary/aromatic N) is 1. The predicted molar refractivity (Wildman–Crippen MR) is 71.1 cm³/mol. The number of primary sulfonamides is 1. The Morgan fingerprint density at radius 2 is 2.05 bits per heavy atom. The number of nitrogens with two attached hydrogens (primary N) is 1. The fourth-order valence-corrected chi connectivity index (χ4v) is 2.13. The fourth-order valence-electron chi connectivity index (χ4n) is 1.44. The van der Waals surface area contributed by atoms with Crippen LogP contribution < -0.4 is 9.88 Å². The smallest absolute Gasteiger partial charge is 0.271 e. The normalized spacial score (nSPS) is 11.3. The maximum atomic E-state index is 11.4. The molecule has 0 unspecified atom stereocenters. The average Bonchev–Trinajstić information content (AvgIpc) is 2.37. The van der Waals surface area contributed by atoms with Crippen LogP contribution in [-0.4, -0.2) is 33.2 Å². The molecule has 0 heterocycles. The van der Waals surface area contributed by atoms with Crippen molar-refractivity contribution >= 4 is 15.7 Å². The van der Waals surface area contributed by atoms with Crippen molar-refractivity contribution in [2.24, 2.45) is 5.14 Å². The van der Waals surface area contributed by atoms with E-state index in [0.717, 1.165) is 12.1 Å². The molecule has 8 nitrogen and oxygen atoms in total. The topological polar surface area (TPSA) is 122 Å². The summed E-state index contributed by atoms with van der Waals surface area (Å²) in [6, 6.07) is 3.26. The standard InChI is InChI=1S/C11H16N2O6S/c1-2-18-6-3-7-19-10-5-4-9(13(14)15)8-11(10)20(12,16)17/h4-5,8H,2-3,6-7H2,1H3,(H2,12,16,17). The lowest BCUT2D eigenvalue weighted by atomic mass is 10.3. The van der Waals surface area contributed by atoms with Gasteiger partial charge in [0.25, 0.3) is 5.69 Å². The Bertz CT molecular complexity index is 572. The zero-order valence-corrected chi connectivity index (χ0v) is 11.8. The van der Waals surface area contributed by atoms with E-state index in [1.807, 2.05) is 6.92 Å². The molecule has 0 aliphatic rings. The van der Waals surface area contributed by atoms with E-state index in [4.69, 9.17) is 14.6 Å². The van der Waals surface area contributed by atoms with E-state index >= 15 is 0 Å². The number of non-ortho nitro benzene ring substituents is 1. The Kier molecular flexibility index (Phi) is 5.86. The van der Waals surface area contributed by atoms with Crippen molar-refractivity contribution in [1.82, 2.24) is 0 Å². The van der Waals surface area contributed by atoms with Crippen molar-refractivity contribution in [3.8, 4) is 5.75 Å². The Morgan fingerprint density at radius 1 is 1.35 bits per heavy atom. The van der Waals surface area contributed by atoms with Crippen LogP contribution in [0.2, 0.25) is 0 Å². The first-order chi connectivity index (χ1) is 9.36. The second kappa shape index (κ2) is 7.17. The zero-order chi connectivity index (χ0) is 15.2. The quantitative estimate of drug-likeness (QED) is 0.435. The average molecular weight is 304 g/mol. The molecule has 0 saturated heterocycles. The van der Waals surface area contributed by atoms with Gasteiger partial charge in [-0.25, -0.2) is 13.6 Å². The monoisotopic (exact) mass is 304 g/mol. The molecule has 0 atom stereocenters. The van der Waals surface area contributed by atoms with Crippen molar-refractivity contribution in [2.45, 2.75) is 18.2 Å². The van der Waals surface area contributed by atoms with Crippen LogP contribution in [-0.2, 0) is 14.8 Å². The van der Waals surface area contributed by atoms with Crippen LogP contribution in [0.3, 0.4) is 0 Å². The second-order valence-electron chi connectivity index (χ2n) is 3.83. The molecule has 0 saturated carbocycles. The van der Waals surface area contributed by atoms with E-state index in [1.165, 1.54) is 6.07 Å². The van der Waals surface area contributed by atoms with E-state index in [0.29, 0.717) is 19.6 Å². The molecule has 0 amide bonds. The van der Waals surface area contributed by atoms with Gasteiger partial charge in [-0.05, 0) is 13.0 Å². The molecule has 0 bridgehead atoms. The Hall–Kier alpha value is -1.71. The lowest BCUT2D eigenvalue weighted by molar-refractivity contribution is -0.385. The number of ether oxygens (including phenoxy) is 2. The third-order valence-electron chi connectivity index (χ3n) is 2.34. The van der Waals surface area contributed by atoms with E-state index in [1.54, 1.807) is 0 Å². The molecular formula is C11H16N2O6S. The molecule has 1 aromatic carbocycles. The summed E-state index contributed by atoms with van der Waals surface area (Å²) < 4.78 is 33.2. The molecule has 1 rings (SSSR count). The predicted octanol–water partition coefficient (Wildman–Crippen LogP) is 1.05. The lowest BCUT2D eigenvalue weighted by Gasteiger charge is -2.10. The van der Waals surface area contributed by atoms with Gasteiger partial charge in [0, 0.05) is 31.8 Å². The van der Waals surface area contributed by atoms with E-state index < -0.39 is 19.8 Å². The number of sulfonamides is 1. The van der Waals surface area contributed by atoms with Gasteiger partial charge in [-0.2, -0.15) is 0 Å². The summed E-state index contributed by atoms with van der Waals surface area (Å²) in [4.78, 5) is 9.54. The van der Waals surface area contributed by atoms with E-state index in [9.17, 15) is 18.5 Å². The van der Waals surface area contributed by atoms with Crippen molar-refractivity contribution in [1.29, 1.82) is 0 Å². The van der Waals surface area contributed by atoms with Gasteiger partial charge in [-0.1, -0.05) is 0 Å². The molecule has 0 radical (unpaired) electrons. The molecular weight excluding hydrogens is 288 g/mol. The molecule has 1 aromatic rings. The Morgan fingerprint density at radius 3 is 2.60 bits per heavy atom. The number of nitro benzene ring substituents is 1. The largest absolute Gasteiger partial charge is 0.492 e. The number of hydrogen-bond acceptors (Lipinski definition) is 6. The van der Waals surface area contributed by atoms with E-state index in [2.05, 4.69) is 0 Å². The second-order valence-corrected chi connectivity index (χ2v) is 5.36. The summed E-state index contributed by atoms with van der Waals surface area (Å²) in [5, 5.41) is 15.7. The third-order valence-corrected chi connectivity index (χ3v) is 3.27. The number of hydrogen-bond donors (Lipinski definition) is 1. The molecule has 20 heavy (non-hydrogen) atoms. The van der Waals surface area contributed by atoms with Gasteiger partial charge >= 0.3 is 0 Å². The SMILES string of the molecule is CCOCCCOc1ccc([N+](=O)[O-])cc1S(N)(=O)=O. The highest BCUT2D eigenvalue weighted by Gasteiger charge is 2.19.